The minimum Gasteiger partial charge on any atom is -0.478 e. The average Bonchev–Trinajstić information content (AvgIpc) is 2.97. The molecule has 39 heavy (non-hydrogen) atoms. The summed E-state index contributed by atoms with van der Waals surface area (Å²) in [5.74, 6) is 5.48. The first-order chi connectivity index (χ1) is 19.1. The lowest BCUT2D eigenvalue weighted by Crippen LogP contribution is -1.94. The molecule has 0 saturated carbocycles. The smallest absolute Gasteiger partial charge is 0.335 e. The highest BCUT2D eigenvalue weighted by Crippen LogP contribution is 2.19. The maximum atomic E-state index is 11.0. The summed E-state index contributed by atoms with van der Waals surface area (Å²) in [4.78, 5) is 11.0. The van der Waals surface area contributed by atoms with Gasteiger partial charge in [0.2, 0.25) is 0 Å². The lowest BCUT2D eigenvalue weighted by atomic mass is 10.0. The number of aromatic carboxylic acids is 1. The normalized spacial score (nSPS) is 10.9. The number of nitrogens with zero attached hydrogens (tertiary/aromatic N) is 1. The average molecular weight is 518 g/mol. The van der Waals surface area contributed by atoms with E-state index in [1.807, 2.05) is 24.3 Å². The SMILES string of the molecule is CCCCCCCCCCCCc1ccc(C#Cc2ccc(/C(C#N)=C\c3ccc(C(=O)O)cc3)cc2)cc1. The molecule has 0 unspecified atom stereocenters. The van der Waals surface area contributed by atoms with Crippen molar-refractivity contribution in [2.75, 3.05) is 0 Å². The third-order valence-electron chi connectivity index (χ3n) is 6.91. The fraction of sp³-hybridized carbons (Fsp3) is 0.333. The highest BCUT2D eigenvalue weighted by atomic mass is 16.4. The number of rotatable bonds is 14. The van der Waals surface area contributed by atoms with Gasteiger partial charge in [0.1, 0.15) is 0 Å². The Kier molecular flexibility index (Phi) is 12.6. The molecule has 0 bridgehead atoms. The summed E-state index contributed by atoms with van der Waals surface area (Å²) in [5.41, 5.74) is 5.55. The quantitative estimate of drug-likeness (QED) is 0.100. The Morgan fingerprint density at radius 3 is 1.69 bits per heavy atom. The maximum Gasteiger partial charge on any atom is 0.335 e. The summed E-state index contributed by atoms with van der Waals surface area (Å²) < 4.78 is 0. The molecule has 3 rings (SSSR count). The van der Waals surface area contributed by atoms with Gasteiger partial charge in [-0.25, -0.2) is 4.79 Å². The van der Waals surface area contributed by atoms with Crippen LogP contribution >= 0.6 is 0 Å². The van der Waals surface area contributed by atoms with E-state index in [9.17, 15) is 10.1 Å². The number of carboxylic acids is 1. The molecule has 0 saturated heterocycles. The van der Waals surface area contributed by atoms with Crippen LogP contribution in [-0.2, 0) is 6.42 Å². The van der Waals surface area contributed by atoms with Crippen molar-refractivity contribution in [3.05, 3.63) is 106 Å². The van der Waals surface area contributed by atoms with Crippen molar-refractivity contribution in [2.45, 2.75) is 77.6 Å². The van der Waals surface area contributed by atoms with Gasteiger partial charge in [0.15, 0.2) is 0 Å². The fourth-order valence-corrected chi connectivity index (χ4v) is 4.52. The van der Waals surface area contributed by atoms with Crippen LogP contribution in [0.3, 0.4) is 0 Å². The highest BCUT2D eigenvalue weighted by molar-refractivity contribution is 5.91. The van der Waals surface area contributed by atoms with E-state index in [1.165, 1.54) is 81.9 Å². The van der Waals surface area contributed by atoms with E-state index in [4.69, 9.17) is 5.11 Å². The van der Waals surface area contributed by atoms with Crippen LogP contribution in [0.5, 0.6) is 0 Å². The molecule has 0 aliphatic heterocycles. The third-order valence-corrected chi connectivity index (χ3v) is 6.91. The van der Waals surface area contributed by atoms with Gasteiger partial charge in [-0.15, -0.1) is 0 Å². The molecule has 1 N–H and O–H groups in total. The van der Waals surface area contributed by atoms with Gasteiger partial charge in [0.05, 0.1) is 17.2 Å². The van der Waals surface area contributed by atoms with E-state index in [-0.39, 0.29) is 5.56 Å². The molecule has 3 aromatic rings. The molecular weight excluding hydrogens is 478 g/mol. The molecule has 0 aliphatic carbocycles. The second kappa shape index (κ2) is 16.7. The Labute approximate surface area is 234 Å². The molecule has 3 heteroatoms. The largest absolute Gasteiger partial charge is 0.478 e. The third kappa shape index (κ3) is 10.7. The van der Waals surface area contributed by atoms with Crippen LogP contribution in [0.2, 0.25) is 0 Å². The number of nitriles is 1. The number of allylic oxidation sites excluding steroid dienone is 1. The maximum absolute atomic E-state index is 11.0. The van der Waals surface area contributed by atoms with Gasteiger partial charge in [-0.1, -0.05) is 113 Å². The molecule has 200 valence electrons. The van der Waals surface area contributed by atoms with Gasteiger partial charge in [0.25, 0.3) is 0 Å². The zero-order chi connectivity index (χ0) is 27.7. The molecule has 0 atom stereocenters. The molecule has 3 nitrogen and oxygen atoms in total. The van der Waals surface area contributed by atoms with Gasteiger partial charge in [-0.05, 0) is 72.0 Å². The van der Waals surface area contributed by atoms with Gasteiger partial charge < -0.3 is 5.11 Å². The molecule has 0 spiro atoms. The van der Waals surface area contributed by atoms with Crippen LogP contribution in [0.4, 0.5) is 0 Å². The lowest BCUT2D eigenvalue weighted by molar-refractivity contribution is 0.0697. The van der Waals surface area contributed by atoms with E-state index in [2.05, 4.69) is 49.1 Å². The van der Waals surface area contributed by atoms with E-state index >= 15 is 0 Å². The predicted octanol–water partition coefficient (Wildman–Crippen LogP) is 9.31. The number of hydrogen-bond donors (Lipinski definition) is 1. The molecule has 0 aromatic heterocycles. The number of carboxylic acid groups (broad SMARTS) is 1. The van der Waals surface area contributed by atoms with Gasteiger partial charge >= 0.3 is 5.97 Å². The van der Waals surface area contributed by atoms with Crippen LogP contribution in [-0.4, -0.2) is 11.1 Å². The first kappa shape index (κ1) is 29.5. The zero-order valence-electron chi connectivity index (χ0n) is 23.1. The number of unbranched alkanes of at least 4 members (excludes halogenated alkanes) is 9. The van der Waals surface area contributed by atoms with Crippen molar-refractivity contribution in [3.8, 4) is 17.9 Å². The first-order valence-corrected chi connectivity index (χ1v) is 14.3. The minimum atomic E-state index is -0.969. The highest BCUT2D eigenvalue weighted by Gasteiger charge is 2.04. The molecule has 3 aromatic carbocycles. The first-order valence-electron chi connectivity index (χ1n) is 14.3. The van der Waals surface area contributed by atoms with E-state index in [0.717, 1.165) is 28.7 Å². The van der Waals surface area contributed by atoms with Crippen molar-refractivity contribution < 1.29 is 9.90 Å². The van der Waals surface area contributed by atoms with E-state index in [0.29, 0.717) is 5.57 Å². The van der Waals surface area contributed by atoms with Crippen LogP contribution in [0.25, 0.3) is 11.6 Å². The van der Waals surface area contributed by atoms with Crippen molar-refractivity contribution in [2.24, 2.45) is 0 Å². The molecule has 0 amide bonds. The molecule has 0 heterocycles. The van der Waals surface area contributed by atoms with Crippen molar-refractivity contribution in [1.82, 2.24) is 0 Å². The van der Waals surface area contributed by atoms with Gasteiger partial charge in [-0.3, -0.25) is 0 Å². The molecule has 0 aliphatic rings. The number of benzene rings is 3. The van der Waals surface area contributed by atoms with Crippen LogP contribution in [0, 0.1) is 23.2 Å². The van der Waals surface area contributed by atoms with Crippen LogP contribution < -0.4 is 0 Å². The molecule has 0 fully saturated rings. The van der Waals surface area contributed by atoms with Crippen LogP contribution in [0.15, 0.2) is 72.8 Å². The van der Waals surface area contributed by atoms with Crippen molar-refractivity contribution >= 4 is 17.6 Å². The van der Waals surface area contributed by atoms with Gasteiger partial charge in [0, 0.05) is 11.1 Å². The Morgan fingerprint density at radius 1 is 0.692 bits per heavy atom. The van der Waals surface area contributed by atoms with Crippen molar-refractivity contribution in [3.63, 3.8) is 0 Å². The summed E-state index contributed by atoms with van der Waals surface area (Å²) >= 11 is 0. The zero-order valence-corrected chi connectivity index (χ0v) is 23.1. The monoisotopic (exact) mass is 517 g/mol. The predicted molar refractivity (Wildman–Crippen MR) is 161 cm³/mol. The topological polar surface area (TPSA) is 61.1 Å². The minimum absolute atomic E-state index is 0.220. The summed E-state index contributed by atoms with van der Waals surface area (Å²) in [6.45, 7) is 2.27. The van der Waals surface area contributed by atoms with E-state index in [1.54, 1.807) is 18.2 Å². The van der Waals surface area contributed by atoms with Crippen LogP contribution in [0.1, 0.15) is 109 Å². The Hall–Kier alpha value is -4.08. The number of hydrogen-bond acceptors (Lipinski definition) is 2. The van der Waals surface area contributed by atoms with E-state index < -0.39 is 5.97 Å². The Bertz CT molecular complexity index is 1300. The number of aryl methyl sites for hydroxylation is 1. The second-order valence-corrected chi connectivity index (χ2v) is 10.1. The summed E-state index contributed by atoms with van der Waals surface area (Å²) in [5, 5.41) is 18.7. The lowest BCUT2D eigenvalue weighted by Gasteiger charge is -2.03. The fourth-order valence-electron chi connectivity index (χ4n) is 4.52. The second-order valence-electron chi connectivity index (χ2n) is 10.1. The molecular formula is C36H39NO2. The Morgan fingerprint density at radius 2 is 1.18 bits per heavy atom. The summed E-state index contributed by atoms with van der Waals surface area (Å²) in [7, 11) is 0. The Balaban J connectivity index is 1.45. The number of carbonyl (C=O) groups is 1. The van der Waals surface area contributed by atoms with Crippen molar-refractivity contribution in [1.29, 1.82) is 5.26 Å². The summed E-state index contributed by atoms with van der Waals surface area (Å²) in [6.07, 6.45) is 16.5. The van der Waals surface area contributed by atoms with Gasteiger partial charge in [-0.2, -0.15) is 5.26 Å². The molecule has 0 radical (unpaired) electrons. The standard InChI is InChI=1S/C36H39NO2/c1-2-3-4-5-6-7-8-9-10-11-12-29-13-15-30(16-14-29)17-18-31-19-23-33(24-20-31)35(28-37)27-32-21-25-34(26-22-32)36(38)39/h13-16,19-27H,2-12H2,1H3,(H,38,39)/b35-27-. The summed E-state index contributed by atoms with van der Waals surface area (Å²) in [6, 6.07) is 24.9.